The van der Waals surface area contributed by atoms with Crippen molar-refractivity contribution in [2.24, 2.45) is 0 Å². The number of ether oxygens (including phenoxy) is 1. The van der Waals surface area contributed by atoms with Crippen LogP contribution >= 0.6 is 0 Å². The molecule has 2 aromatic rings. The Kier molecular flexibility index (Phi) is 2.45. The minimum atomic E-state index is -0.364. The van der Waals surface area contributed by atoms with Gasteiger partial charge in [0.05, 0.1) is 12.7 Å². The first-order valence-corrected chi connectivity index (χ1v) is 4.35. The largest absolute Gasteiger partial charge is 0.465 e. The number of carbonyl (C=O) groups excluding carboxylic acids is 1. The molecule has 0 fully saturated rings. The summed E-state index contributed by atoms with van der Waals surface area (Å²) in [5, 5.41) is 6.47. The second-order valence-electron chi connectivity index (χ2n) is 2.91. The summed E-state index contributed by atoms with van der Waals surface area (Å²) < 4.78 is 4.62. The van der Waals surface area contributed by atoms with Crippen molar-refractivity contribution in [1.29, 1.82) is 0 Å². The van der Waals surface area contributed by atoms with Crippen LogP contribution in [-0.2, 0) is 4.74 Å². The topological polar surface area (TPSA) is 67.9 Å². The number of methoxy groups -OCH3 is 1. The zero-order valence-corrected chi connectivity index (χ0v) is 8.10. The van der Waals surface area contributed by atoms with E-state index in [9.17, 15) is 4.79 Å². The molecule has 0 spiro atoms. The maximum atomic E-state index is 11.3. The lowest BCUT2D eigenvalue weighted by Crippen LogP contribution is -2.00. The van der Waals surface area contributed by atoms with Crippen molar-refractivity contribution in [3.63, 3.8) is 0 Å². The van der Waals surface area contributed by atoms with Crippen LogP contribution in [0.15, 0.2) is 30.6 Å². The molecular weight excluding hydrogens is 194 g/mol. The molecule has 0 aliphatic rings. The summed E-state index contributed by atoms with van der Waals surface area (Å²) in [6.07, 6.45) is 1.42. The molecule has 5 heteroatoms. The first-order chi connectivity index (χ1) is 7.31. The lowest BCUT2D eigenvalue weighted by atomic mass is 10.1. The predicted molar refractivity (Wildman–Crippen MR) is 53.2 cm³/mol. The van der Waals surface area contributed by atoms with Crippen LogP contribution in [0.1, 0.15) is 10.4 Å². The van der Waals surface area contributed by atoms with Gasteiger partial charge in [0.1, 0.15) is 6.33 Å². The molecule has 0 atom stereocenters. The Morgan fingerprint density at radius 1 is 1.47 bits per heavy atom. The van der Waals surface area contributed by atoms with Crippen LogP contribution in [0.2, 0.25) is 0 Å². The van der Waals surface area contributed by atoms with E-state index in [1.54, 1.807) is 18.2 Å². The van der Waals surface area contributed by atoms with Gasteiger partial charge in [0.15, 0.2) is 5.82 Å². The van der Waals surface area contributed by atoms with E-state index >= 15 is 0 Å². The number of hydrogen-bond donors (Lipinski definition) is 1. The Morgan fingerprint density at radius 3 is 3.00 bits per heavy atom. The van der Waals surface area contributed by atoms with Crippen molar-refractivity contribution in [1.82, 2.24) is 15.2 Å². The van der Waals surface area contributed by atoms with Gasteiger partial charge in [0.25, 0.3) is 0 Å². The average Bonchev–Trinajstić information content (AvgIpc) is 2.82. The number of rotatable bonds is 2. The zero-order valence-electron chi connectivity index (χ0n) is 8.10. The summed E-state index contributed by atoms with van der Waals surface area (Å²) in [4.78, 5) is 15.3. The summed E-state index contributed by atoms with van der Waals surface area (Å²) in [6, 6.07) is 7.00. The van der Waals surface area contributed by atoms with Gasteiger partial charge in [-0.05, 0) is 12.1 Å². The minimum Gasteiger partial charge on any atom is -0.465 e. The van der Waals surface area contributed by atoms with Gasteiger partial charge in [-0.15, -0.1) is 0 Å². The highest BCUT2D eigenvalue weighted by Crippen LogP contribution is 2.15. The Hall–Kier alpha value is -2.17. The normalized spacial score (nSPS) is 9.93. The lowest BCUT2D eigenvalue weighted by Gasteiger charge is -2.00. The Labute approximate surface area is 86.1 Å². The number of nitrogens with one attached hydrogen (secondary N) is 1. The van der Waals surface area contributed by atoms with Crippen molar-refractivity contribution < 1.29 is 9.53 Å². The van der Waals surface area contributed by atoms with Gasteiger partial charge in [0.2, 0.25) is 0 Å². The van der Waals surface area contributed by atoms with E-state index in [0.717, 1.165) is 5.56 Å². The van der Waals surface area contributed by atoms with Crippen LogP contribution in [0, 0.1) is 0 Å². The van der Waals surface area contributed by atoms with E-state index in [0.29, 0.717) is 11.4 Å². The zero-order chi connectivity index (χ0) is 10.7. The summed E-state index contributed by atoms with van der Waals surface area (Å²) >= 11 is 0. The van der Waals surface area contributed by atoms with E-state index in [-0.39, 0.29) is 5.97 Å². The van der Waals surface area contributed by atoms with Crippen LogP contribution in [0.3, 0.4) is 0 Å². The highest BCUT2D eigenvalue weighted by atomic mass is 16.5. The van der Waals surface area contributed by atoms with E-state index in [2.05, 4.69) is 19.9 Å². The molecule has 1 aromatic heterocycles. The van der Waals surface area contributed by atoms with Gasteiger partial charge in [-0.1, -0.05) is 12.1 Å². The quantitative estimate of drug-likeness (QED) is 0.746. The number of aromatic amines is 1. The van der Waals surface area contributed by atoms with Crippen molar-refractivity contribution in [2.75, 3.05) is 7.11 Å². The Morgan fingerprint density at radius 2 is 2.33 bits per heavy atom. The Bertz CT molecular complexity index is 465. The van der Waals surface area contributed by atoms with Crippen molar-refractivity contribution >= 4 is 5.97 Å². The van der Waals surface area contributed by atoms with Crippen LogP contribution in [0.4, 0.5) is 0 Å². The molecule has 0 radical (unpaired) electrons. The number of aromatic nitrogens is 3. The molecule has 0 aliphatic heterocycles. The Balaban J connectivity index is 2.39. The third kappa shape index (κ3) is 1.85. The molecule has 2 rings (SSSR count). The van der Waals surface area contributed by atoms with Gasteiger partial charge >= 0.3 is 5.97 Å². The number of hydrogen-bond acceptors (Lipinski definition) is 4. The molecule has 0 unspecified atom stereocenters. The number of H-pyrrole nitrogens is 1. The van der Waals surface area contributed by atoms with Crippen molar-refractivity contribution in [2.45, 2.75) is 0 Å². The third-order valence-corrected chi connectivity index (χ3v) is 1.97. The fraction of sp³-hybridized carbons (Fsp3) is 0.100. The summed E-state index contributed by atoms with van der Waals surface area (Å²) in [5.41, 5.74) is 1.29. The van der Waals surface area contributed by atoms with E-state index in [1.807, 2.05) is 6.07 Å². The van der Waals surface area contributed by atoms with Crippen LogP contribution in [0.5, 0.6) is 0 Å². The SMILES string of the molecule is COC(=O)c1cccc(-c2ncn[nH]2)c1. The number of nitrogens with zero attached hydrogens (tertiary/aromatic N) is 2. The maximum absolute atomic E-state index is 11.3. The smallest absolute Gasteiger partial charge is 0.337 e. The second-order valence-corrected chi connectivity index (χ2v) is 2.91. The molecule has 1 heterocycles. The first-order valence-electron chi connectivity index (χ1n) is 4.35. The number of carbonyl (C=O) groups is 1. The number of benzene rings is 1. The molecule has 1 aromatic carbocycles. The predicted octanol–water partition coefficient (Wildman–Crippen LogP) is 1.26. The minimum absolute atomic E-state index is 0.364. The van der Waals surface area contributed by atoms with E-state index < -0.39 is 0 Å². The van der Waals surface area contributed by atoms with E-state index in [4.69, 9.17) is 0 Å². The third-order valence-electron chi connectivity index (χ3n) is 1.97. The molecule has 76 valence electrons. The van der Waals surface area contributed by atoms with E-state index in [1.165, 1.54) is 13.4 Å². The first kappa shape index (κ1) is 9.39. The summed E-state index contributed by atoms with van der Waals surface area (Å²) in [5.74, 6) is 0.261. The lowest BCUT2D eigenvalue weighted by molar-refractivity contribution is 0.0601. The van der Waals surface area contributed by atoms with Gasteiger partial charge in [-0.3, -0.25) is 5.10 Å². The average molecular weight is 203 g/mol. The molecule has 0 saturated heterocycles. The second kappa shape index (κ2) is 3.91. The monoisotopic (exact) mass is 203 g/mol. The van der Waals surface area contributed by atoms with Gasteiger partial charge < -0.3 is 4.74 Å². The fourth-order valence-electron chi connectivity index (χ4n) is 1.26. The van der Waals surface area contributed by atoms with Crippen LogP contribution in [0.25, 0.3) is 11.4 Å². The molecule has 0 bridgehead atoms. The molecule has 0 saturated carbocycles. The molecule has 0 amide bonds. The molecule has 1 N–H and O–H groups in total. The highest BCUT2D eigenvalue weighted by Gasteiger charge is 2.07. The van der Waals surface area contributed by atoms with Gasteiger partial charge in [0, 0.05) is 5.56 Å². The summed E-state index contributed by atoms with van der Waals surface area (Å²) in [6.45, 7) is 0. The van der Waals surface area contributed by atoms with Crippen molar-refractivity contribution in [3.05, 3.63) is 36.2 Å². The molecule has 15 heavy (non-hydrogen) atoms. The van der Waals surface area contributed by atoms with Gasteiger partial charge in [-0.25, -0.2) is 9.78 Å². The van der Waals surface area contributed by atoms with Gasteiger partial charge in [-0.2, -0.15) is 5.10 Å². The fourth-order valence-corrected chi connectivity index (χ4v) is 1.26. The number of esters is 1. The molecule has 0 aliphatic carbocycles. The van der Waals surface area contributed by atoms with Crippen molar-refractivity contribution in [3.8, 4) is 11.4 Å². The molecule has 5 nitrogen and oxygen atoms in total. The summed E-state index contributed by atoms with van der Waals surface area (Å²) in [7, 11) is 1.35. The maximum Gasteiger partial charge on any atom is 0.337 e. The standard InChI is InChI=1S/C10H9N3O2/c1-15-10(14)8-4-2-3-7(5-8)9-11-6-12-13-9/h2-6H,1H3,(H,11,12,13). The highest BCUT2D eigenvalue weighted by molar-refractivity contribution is 5.90. The molecular formula is C10H9N3O2. The van der Waals surface area contributed by atoms with Crippen LogP contribution in [-0.4, -0.2) is 28.3 Å². The van der Waals surface area contributed by atoms with Crippen LogP contribution < -0.4 is 0 Å².